The Labute approximate surface area is 202 Å². The number of carbonyl (C=O) groups excluding carboxylic acids is 3. The quantitative estimate of drug-likeness (QED) is 0.361. The summed E-state index contributed by atoms with van der Waals surface area (Å²) in [5.74, 6) is -0.978. The summed E-state index contributed by atoms with van der Waals surface area (Å²) in [6.07, 6.45) is 1.32. The van der Waals surface area contributed by atoms with E-state index in [9.17, 15) is 24.6 Å². The van der Waals surface area contributed by atoms with Crippen LogP contribution in [-0.4, -0.2) is 63.4 Å². The molecule has 0 aliphatic carbocycles. The molecule has 1 rings (SSSR count). The zero-order valence-electron chi connectivity index (χ0n) is 21.5. The maximum Gasteiger partial charge on any atom is 0.408 e. The van der Waals surface area contributed by atoms with Crippen LogP contribution in [0.2, 0.25) is 0 Å². The molecule has 9 nitrogen and oxygen atoms in total. The van der Waals surface area contributed by atoms with E-state index < -0.39 is 41.8 Å². The van der Waals surface area contributed by atoms with E-state index in [1.165, 1.54) is 17.0 Å². The normalized spacial score (nSPS) is 13.5. The van der Waals surface area contributed by atoms with Gasteiger partial charge in [-0.3, -0.25) is 9.59 Å². The highest BCUT2D eigenvalue weighted by Gasteiger charge is 2.43. The highest BCUT2D eigenvalue weighted by molar-refractivity contribution is 5.92. The molecular formula is C25H41N3O6. The molecule has 34 heavy (non-hydrogen) atoms. The minimum atomic E-state index is -1.32. The molecule has 0 bridgehead atoms. The Balaban J connectivity index is 3.46. The Morgan fingerprint density at radius 1 is 1.06 bits per heavy atom. The van der Waals surface area contributed by atoms with Gasteiger partial charge in [-0.15, -0.1) is 0 Å². The smallest absolute Gasteiger partial charge is 0.408 e. The molecule has 0 aliphatic heterocycles. The molecule has 0 saturated heterocycles. The van der Waals surface area contributed by atoms with Crippen LogP contribution in [-0.2, 0) is 14.3 Å². The van der Waals surface area contributed by atoms with Crippen LogP contribution in [0.5, 0.6) is 5.75 Å². The number of phenolic OH excluding ortho intramolecular Hbond substituents is 1. The summed E-state index contributed by atoms with van der Waals surface area (Å²) in [5.41, 5.74) is -1.11. The first kappa shape index (κ1) is 29.2. The van der Waals surface area contributed by atoms with Crippen molar-refractivity contribution in [3.63, 3.8) is 0 Å². The number of nitrogens with zero attached hydrogens (tertiary/aromatic N) is 1. The number of aliphatic hydroxyl groups is 1. The molecule has 0 saturated carbocycles. The van der Waals surface area contributed by atoms with E-state index in [0.717, 1.165) is 12.8 Å². The fourth-order valence-electron chi connectivity index (χ4n) is 3.31. The second kappa shape index (κ2) is 12.6. The van der Waals surface area contributed by atoms with Gasteiger partial charge in [0.25, 0.3) is 0 Å². The van der Waals surface area contributed by atoms with E-state index >= 15 is 0 Å². The highest BCUT2D eigenvalue weighted by Crippen LogP contribution is 2.32. The van der Waals surface area contributed by atoms with Crippen molar-refractivity contribution >= 4 is 17.9 Å². The van der Waals surface area contributed by atoms with Gasteiger partial charge < -0.3 is 30.5 Å². The number of aromatic hydroxyl groups is 1. The van der Waals surface area contributed by atoms with E-state index in [1.54, 1.807) is 32.9 Å². The lowest BCUT2D eigenvalue weighted by Gasteiger charge is -2.44. The molecule has 3 amide bonds. The molecule has 192 valence electrons. The summed E-state index contributed by atoms with van der Waals surface area (Å²) >= 11 is 0. The summed E-state index contributed by atoms with van der Waals surface area (Å²) in [5, 5.41) is 25.0. The van der Waals surface area contributed by atoms with Crippen LogP contribution >= 0.6 is 0 Å². The standard InChI is InChI=1S/C25H41N3O6/c1-8-10-15-26-21(31)20(17-11-13-18(30)14-12-17)28(25(6,7)9-2)22(32)19(16-29)27-23(33)34-24(3,4)5/h11-14,19-20,29-30H,8-10,15-16H2,1-7H3,(H,26,31)(H,27,33). The van der Waals surface area contributed by atoms with Crippen molar-refractivity contribution < 1.29 is 29.3 Å². The first-order chi connectivity index (χ1) is 15.8. The van der Waals surface area contributed by atoms with Gasteiger partial charge in [0.05, 0.1) is 6.61 Å². The minimum Gasteiger partial charge on any atom is -0.508 e. The SMILES string of the molecule is CCCCNC(=O)C(c1ccc(O)cc1)N(C(=O)C(CO)NC(=O)OC(C)(C)C)C(C)(C)CC. The third kappa shape index (κ3) is 8.52. The number of phenols is 1. The van der Waals surface area contributed by atoms with Gasteiger partial charge in [0.1, 0.15) is 23.4 Å². The number of hydrogen-bond donors (Lipinski definition) is 4. The average Bonchev–Trinajstić information content (AvgIpc) is 2.74. The lowest BCUT2D eigenvalue weighted by atomic mass is 9.92. The van der Waals surface area contributed by atoms with Crippen LogP contribution in [0.3, 0.4) is 0 Å². The summed E-state index contributed by atoms with van der Waals surface area (Å²) in [6.45, 7) is 12.4. The topological polar surface area (TPSA) is 128 Å². The summed E-state index contributed by atoms with van der Waals surface area (Å²) < 4.78 is 5.24. The molecular weight excluding hydrogens is 438 g/mol. The van der Waals surface area contributed by atoms with E-state index in [-0.39, 0.29) is 11.7 Å². The minimum absolute atomic E-state index is 0.0290. The summed E-state index contributed by atoms with van der Waals surface area (Å²) in [7, 11) is 0. The van der Waals surface area contributed by atoms with Crippen LogP contribution in [0.15, 0.2) is 24.3 Å². The third-order valence-electron chi connectivity index (χ3n) is 5.47. The molecule has 4 N–H and O–H groups in total. The lowest BCUT2D eigenvalue weighted by Crippen LogP contribution is -2.60. The van der Waals surface area contributed by atoms with Gasteiger partial charge in [-0.2, -0.15) is 0 Å². The third-order valence-corrected chi connectivity index (χ3v) is 5.47. The Kier molecular flexibility index (Phi) is 10.8. The van der Waals surface area contributed by atoms with Gasteiger partial charge in [0.15, 0.2) is 0 Å². The number of benzene rings is 1. The zero-order chi connectivity index (χ0) is 26.1. The number of unbranched alkanes of at least 4 members (excludes halogenated alkanes) is 1. The van der Waals surface area contributed by atoms with Crippen LogP contribution in [0.1, 0.15) is 79.3 Å². The molecule has 0 spiro atoms. The first-order valence-electron chi connectivity index (χ1n) is 11.8. The number of hydrogen-bond acceptors (Lipinski definition) is 6. The van der Waals surface area contributed by atoms with Gasteiger partial charge in [0, 0.05) is 12.1 Å². The molecule has 1 aromatic carbocycles. The molecule has 9 heteroatoms. The van der Waals surface area contributed by atoms with E-state index in [2.05, 4.69) is 10.6 Å². The summed E-state index contributed by atoms with van der Waals surface area (Å²) in [4.78, 5) is 40.9. The number of carbonyl (C=O) groups is 3. The van der Waals surface area contributed by atoms with Crippen molar-refractivity contribution in [3.8, 4) is 5.75 Å². The maximum atomic E-state index is 13.8. The van der Waals surface area contributed by atoms with Crippen LogP contribution in [0.25, 0.3) is 0 Å². The Morgan fingerprint density at radius 2 is 1.65 bits per heavy atom. The van der Waals surface area contributed by atoms with Gasteiger partial charge in [0.2, 0.25) is 11.8 Å². The second-order valence-corrected chi connectivity index (χ2v) is 9.89. The number of nitrogens with one attached hydrogen (secondary N) is 2. The average molecular weight is 480 g/mol. The molecule has 0 aliphatic rings. The molecule has 0 aromatic heterocycles. The fourth-order valence-corrected chi connectivity index (χ4v) is 3.31. The number of amides is 3. The van der Waals surface area contributed by atoms with Crippen molar-refractivity contribution in [2.45, 2.75) is 91.0 Å². The van der Waals surface area contributed by atoms with Crippen molar-refractivity contribution in [1.29, 1.82) is 0 Å². The van der Waals surface area contributed by atoms with Crippen molar-refractivity contribution in [2.24, 2.45) is 0 Å². The fraction of sp³-hybridized carbons (Fsp3) is 0.640. The van der Waals surface area contributed by atoms with Crippen LogP contribution in [0.4, 0.5) is 4.79 Å². The monoisotopic (exact) mass is 479 g/mol. The number of rotatable bonds is 11. The molecule has 0 radical (unpaired) electrons. The maximum absolute atomic E-state index is 13.8. The molecule has 1 aromatic rings. The largest absolute Gasteiger partial charge is 0.508 e. The highest BCUT2D eigenvalue weighted by atomic mass is 16.6. The summed E-state index contributed by atoms with van der Waals surface area (Å²) in [6, 6.07) is 3.71. The molecule has 0 heterocycles. The molecule has 2 atom stereocenters. The predicted molar refractivity (Wildman–Crippen MR) is 130 cm³/mol. The van der Waals surface area contributed by atoms with Gasteiger partial charge in [-0.05, 0) is 65.2 Å². The Hall–Kier alpha value is -2.81. The van der Waals surface area contributed by atoms with Crippen molar-refractivity contribution in [1.82, 2.24) is 15.5 Å². The van der Waals surface area contributed by atoms with E-state index in [0.29, 0.717) is 18.5 Å². The van der Waals surface area contributed by atoms with Gasteiger partial charge in [-0.1, -0.05) is 32.4 Å². The molecule has 0 fully saturated rings. The van der Waals surface area contributed by atoms with Crippen LogP contribution in [0, 0.1) is 0 Å². The van der Waals surface area contributed by atoms with Crippen LogP contribution < -0.4 is 10.6 Å². The number of aliphatic hydroxyl groups excluding tert-OH is 1. The Morgan fingerprint density at radius 3 is 2.12 bits per heavy atom. The predicted octanol–water partition coefficient (Wildman–Crippen LogP) is 3.25. The number of ether oxygens (including phenoxy) is 1. The van der Waals surface area contributed by atoms with Crippen molar-refractivity contribution in [3.05, 3.63) is 29.8 Å². The van der Waals surface area contributed by atoms with E-state index in [4.69, 9.17) is 4.74 Å². The van der Waals surface area contributed by atoms with Crippen molar-refractivity contribution in [2.75, 3.05) is 13.2 Å². The van der Waals surface area contributed by atoms with E-state index in [1.807, 2.05) is 27.7 Å². The number of alkyl carbamates (subject to hydrolysis) is 1. The van der Waals surface area contributed by atoms with Gasteiger partial charge >= 0.3 is 6.09 Å². The van der Waals surface area contributed by atoms with Gasteiger partial charge in [-0.25, -0.2) is 4.79 Å². The Bertz CT molecular complexity index is 817. The zero-order valence-corrected chi connectivity index (χ0v) is 21.5. The first-order valence-corrected chi connectivity index (χ1v) is 11.8. The second-order valence-electron chi connectivity index (χ2n) is 9.89. The lowest BCUT2D eigenvalue weighted by molar-refractivity contribution is -0.150. The molecule has 2 unspecified atom stereocenters.